The van der Waals surface area contributed by atoms with E-state index in [-0.39, 0.29) is 0 Å². The lowest BCUT2D eigenvalue weighted by Crippen LogP contribution is -2.35. The zero-order chi connectivity index (χ0) is 14.0. The van der Waals surface area contributed by atoms with Gasteiger partial charge in [-0.15, -0.1) is 0 Å². The predicted molar refractivity (Wildman–Crippen MR) is 72.2 cm³/mol. The van der Waals surface area contributed by atoms with Crippen LogP contribution in [0.25, 0.3) is 11.1 Å². The number of nitrogens with zero attached hydrogens (tertiary/aromatic N) is 2. The average Bonchev–Trinajstić information content (AvgIpc) is 2.82. The molecule has 0 saturated carbocycles. The lowest BCUT2D eigenvalue weighted by Gasteiger charge is -2.26. The van der Waals surface area contributed by atoms with Gasteiger partial charge in [0.25, 0.3) is 0 Å². The van der Waals surface area contributed by atoms with Crippen LogP contribution in [0.5, 0.6) is 0 Å². The SMILES string of the molecule is CN(C)CCC(C)(C(=O)O)c1ccc2ncoc2c1. The summed E-state index contributed by atoms with van der Waals surface area (Å²) in [6, 6.07) is 5.38. The monoisotopic (exact) mass is 262 g/mol. The van der Waals surface area contributed by atoms with Gasteiger partial charge in [-0.2, -0.15) is 0 Å². The number of hydrogen-bond donors (Lipinski definition) is 1. The Bertz CT molecular complexity index is 591. The molecule has 102 valence electrons. The third-order valence-corrected chi connectivity index (χ3v) is 3.50. The first-order valence-electron chi connectivity index (χ1n) is 6.15. The van der Waals surface area contributed by atoms with E-state index in [2.05, 4.69) is 4.98 Å². The number of carboxylic acids is 1. The van der Waals surface area contributed by atoms with Crippen molar-refractivity contribution in [2.75, 3.05) is 20.6 Å². The third-order valence-electron chi connectivity index (χ3n) is 3.50. The molecule has 0 aliphatic rings. The Morgan fingerprint density at radius 2 is 2.21 bits per heavy atom. The van der Waals surface area contributed by atoms with Gasteiger partial charge in [-0.25, -0.2) is 4.98 Å². The molecule has 0 aliphatic carbocycles. The van der Waals surface area contributed by atoms with Gasteiger partial charge in [0, 0.05) is 0 Å². The molecule has 5 heteroatoms. The van der Waals surface area contributed by atoms with Gasteiger partial charge in [0.05, 0.1) is 5.41 Å². The van der Waals surface area contributed by atoms with Gasteiger partial charge in [0.15, 0.2) is 12.0 Å². The molecule has 0 radical (unpaired) electrons. The number of aliphatic carboxylic acids is 1. The van der Waals surface area contributed by atoms with Crippen LogP contribution in [0.3, 0.4) is 0 Å². The molecule has 0 spiro atoms. The van der Waals surface area contributed by atoms with Gasteiger partial charge in [0.2, 0.25) is 0 Å². The van der Waals surface area contributed by atoms with Crippen molar-refractivity contribution < 1.29 is 14.3 Å². The van der Waals surface area contributed by atoms with Crippen molar-refractivity contribution in [1.29, 1.82) is 0 Å². The summed E-state index contributed by atoms with van der Waals surface area (Å²) in [4.78, 5) is 17.7. The van der Waals surface area contributed by atoms with Crippen molar-refractivity contribution in [3.05, 3.63) is 30.2 Å². The first-order valence-corrected chi connectivity index (χ1v) is 6.15. The molecule has 1 atom stereocenters. The number of rotatable bonds is 5. The largest absolute Gasteiger partial charge is 0.481 e. The first kappa shape index (κ1) is 13.5. The Kier molecular flexibility index (Phi) is 3.57. The Morgan fingerprint density at radius 3 is 2.84 bits per heavy atom. The second-order valence-electron chi connectivity index (χ2n) is 5.23. The van der Waals surface area contributed by atoms with Crippen LogP contribution in [0.1, 0.15) is 18.9 Å². The maximum atomic E-state index is 11.6. The fraction of sp³-hybridized carbons (Fsp3) is 0.429. The van der Waals surface area contributed by atoms with E-state index < -0.39 is 11.4 Å². The summed E-state index contributed by atoms with van der Waals surface area (Å²) in [6.45, 7) is 2.45. The summed E-state index contributed by atoms with van der Waals surface area (Å²) in [5.41, 5.74) is 1.18. The number of carboxylic acid groups (broad SMARTS) is 1. The zero-order valence-corrected chi connectivity index (χ0v) is 11.4. The second-order valence-corrected chi connectivity index (χ2v) is 5.23. The molecule has 1 aromatic heterocycles. The van der Waals surface area contributed by atoms with Gasteiger partial charge in [-0.1, -0.05) is 6.07 Å². The highest BCUT2D eigenvalue weighted by Crippen LogP contribution is 2.30. The quantitative estimate of drug-likeness (QED) is 0.894. The highest BCUT2D eigenvalue weighted by Gasteiger charge is 2.35. The number of benzene rings is 1. The maximum absolute atomic E-state index is 11.6. The van der Waals surface area contributed by atoms with Gasteiger partial charge in [-0.3, -0.25) is 4.79 Å². The Hall–Kier alpha value is -1.88. The van der Waals surface area contributed by atoms with E-state index in [1.165, 1.54) is 6.39 Å². The Balaban J connectivity index is 2.39. The molecule has 1 aromatic carbocycles. The van der Waals surface area contributed by atoms with Crippen LogP contribution in [0.2, 0.25) is 0 Å². The molecule has 0 aliphatic heterocycles. The highest BCUT2D eigenvalue weighted by molar-refractivity contribution is 5.83. The molecular formula is C14H18N2O3. The van der Waals surface area contributed by atoms with E-state index in [9.17, 15) is 9.90 Å². The van der Waals surface area contributed by atoms with Gasteiger partial charge in [0.1, 0.15) is 5.52 Å². The number of oxazole rings is 1. The van der Waals surface area contributed by atoms with Crippen LogP contribution in [0.15, 0.2) is 29.0 Å². The van der Waals surface area contributed by atoms with Crippen molar-refractivity contribution in [2.24, 2.45) is 0 Å². The van der Waals surface area contributed by atoms with Crippen LogP contribution >= 0.6 is 0 Å². The summed E-state index contributed by atoms with van der Waals surface area (Å²) in [7, 11) is 3.86. The number of carbonyl (C=O) groups is 1. The first-order chi connectivity index (χ1) is 8.93. The fourth-order valence-corrected chi connectivity index (χ4v) is 2.02. The Labute approximate surface area is 111 Å². The summed E-state index contributed by atoms with van der Waals surface area (Å²) >= 11 is 0. The normalized spacial score (nSPS) is 14.7. The summed E-state index contributed by atoms with van der Waals surface area (Å²) in [5, 5.41) is 9.56. The molecule has 0 saturated heterocycles. The zero-order valence-electron chi connectivity index (χ0n) is 11.4. The van der Waals surface area contributed by atoms with Gasteiger partial charge in [-0.05, 0) is 51.7 Å². The molecule has 5 nitrogen and oxygen atoms in total. The predicted octanol–water partition coefficient (Wildman–Crippen LogP) is 2.12. The summed E-state index contributed by atoms with van der Waals surface area (Å²) in [5.74, 6) is -0.826. The molecule has 2 aromatic rings. The molecule has 19 heavy (non-hydrogen) atoms. The van der Waals surface area contributed by atoms with Crippen LogP contribution in [-0.2, 0) is 10.2 Å². The van der Waals surface area contributed by atoms with Crippen molar-refractivity contribution in [1.82, 2.24) is 9.88 Å². The smallest absolute Gasteiger partial charge is 0.313 e. The molecule has 1 unspecified atom stereocenters. The number of aromatic nitrogens is 1. The molecule has 0 amide bonds. The van der Waals surface area contributed by atoms with Crippen molar-refractivity contribution >= 4 is 17.1 Å². The number of fused-ring (bicyclic) bond motifs is 1. The van der Waals surface area contributed by atoms with Crippen molar-refractivity contribution in [3.8, 4) is 0 Å². The average molecular weight is 262 g/mol. The molecular weight excluding hydrogens is 244 g/mol. The van der Waals surface area contributed by atoms with Crippen LogP contribution < -0.4 is 0 Å². The minimum absolute atomic E-state index is 0.537. The lowest BCUT2D eigenvalue weighted by molar-refractivity contribution is -0.143. The molecule has 1 heterocycles. The van der Waals surface area contributed by atoms with E-state index in [0.717, 1.165) is 11.1 Å². The summed E-state index contributed by atoms with van der Waals surface area (Å²) < 4.78 is 5.24. The second kappa shape index (κ2) is 5.01. The number of hydrogen-bond acceptors (Lipinski definition) is 4. The molecule has 2 rings (SSSR count). The standard InChI is InChI=1S/C14H18N2O3/c1-14(13(17)18,6-7-16(2)3)10-4-5-11-12(8-10)19-9-15-11/h4-5,8-9H,6-7H2,1-3H3,(H,17,18). The Morgan fingerprint density at radius 1 is 1.47 bits per heavy atom. The van der Waals surface area contributed by atoms with E-state index in [1.807, 2.05) is 25.1 Å². The topological polar surface area (TPSA) is 66.6 Å². The molecule has 1 N–H and O–H groups in total. The highest BCUT2D eigenvalue weighted by atomic mass is 16.4. The van der Waals surface area contributed by atoms with Crippen LogP contribution in [-0.4, -0.2) is 41.6 Å². The molecule has 0 fully saturated rings. The van der Waals surface area contributed by atoms with E-state index >= 15 is 0 Å². The van der Waals surface area contributed by atoms with Crippen LogP contribution in [0.4, 0.5) is 0 Å². The van der Waals surface area contributed by atoms with Gasteiger partial charge < -0.3 is 14.4 Å². The van der Waals surface area contributed by atoms with Crippen LogP contribution in [0, 0.1) is 0 Å². The van der Waals surface area contributed by atoms with Crippen molar-refractivity contribution in [2.45, 2.75) is 18.8 Å². The maximum Gasteiger partial charge on any atom is 0.313 e. The molecule has 0 bridgehead atoms. The van der Waals surface area contributed by atoms with Crippen molar-refractivity contribution in [3.63, 3.8) is 0 Å². The minimum atomic E-state index is -0.925. The van der Waals surface area contributed by atoms with E-state index in [1.54, 1.807) is 19.1 Å². The minimum Gasteiger partial charge on any atom is -0.481 e. The summed E-state index contributed by atoms with van der Waals surface area (Å²) in [6.07, 6.45) is 1.90. The van der Waals surface area contributed by atoms with E-state index in [0.29, 0.717) is 18.5 Å². The fourth-order valence-electron chi connectivity index (χ4n) is 2.02. The lowest BCUT2D eigenvalue weighted by atomic mass is 9.79. The van der Waals surface area contributed by atoms with Gasteiger partial charge >= 0.3 is 5.97 Å². The van der Waals surface area contributed by atoms with E-state index in [4.69, 9.17) is 4.42 Å². The third kappa shape index (κ3) is 2.61.